The van der Waals surface area contributed by atoms with E-state index in [-0.39, 0.29) is 26.1 Å². The number of hydrogen-bond acceptors (Lipinski definition) is 9. The Bertz CT molecular complexity index is 1460. The number of phosphoric ester groups is 1. The van der Waals surface area contributed by atoms with E-state index in [1.165, 1.54) is 43.2 Å². The second kappa shape index (κ2) is 33.8. The molecule has 11 nitrogen and oxygen atoms in total. The number of esters is 2. The highest BCUT2D eigenvalue weighted by Crippen LogP contribution is 2.43. The number of carbonyl (C=O) groups is 2. The van der Waals surface area contributed by atoms with E-state index in [4.69, 9.17) is 22.9 Å². The van der Waals surface area contributed by atoms with Gasteiger partial charge in [0.25, 0.3) is 0 Å². The summed E-state index contributed by atoms with van der Waals surface area (Å²) in [5.74, 6) is 1.25. The summed E-state index contributed by atoms with van der Waals surface area (Å²) in [5, 5.41) is 10.3. The zero-order chi connectivity index (χ0) is 44.5. The molecular formula is C48H83NO10P+. The molecule has 0 aromatic carbocycles. The largest absolute Gasteiger partial charge is 0.472 e. The fourth-order valence-electron chi connectivity index (χ4n) is 6.28. The summed E-state index contributed by atoms with van der Waals surface area (Å²) in [5.41, 5.74) is 2.61. The van der Waals surface area contributed by atoms with Gasteiger partial charge >= 0.3 is 19.8 Å². The summed E-state index contributed by atoms with van der Waals surface area (Å²) in [4.78, 5) is 35.5. The van der Waals surface area contributed by atoms with Crippen LogP contribution in [-0.2, 0) is 45.5 Å². The molecule has 3 atom stereocenters. The van der Waals surface area contributed by atoms with Gasteiger partial charge in [0.2, 0.25) is 0 Å². The lowest BCUT2D eigenvalue weighted by molar-refractivity contribution is -0.870. The lowest BCUT2D eigenvalue weighted by Gasteiger charge is -2.24. The van der Waals surface area contributed by atoms with Crippen molar-refractivity contribution in [1.29, 1.82) is 0 Å². The number of phosphoric acid groups is 1. The average molecular weight is 865 g/mol. The van der Waals surface area contributed by atoms with Gasteiger partial charge in [-0.05, 0) is 82.8 Å². The van der Waals surface area contributed by atoms with Crippen molar-refractivity contribution in [3.8, 4) is 0 Å². The zero-order valence-corrected chi connectivity index (χ0v) is 39.4. The molecule has 0 saturated carbocycles. The number of carbonyl (C=O) groups excluding carboxylic acids is 2. The Balaban J connectivity index is 2.42. The van der Waals surface area contributed by atoms with Crippen LogP contribution in [0.1, 0.15) is 158 Å². The highest BCUT2D eigenvalue weighted by atomic mass is 31.2. The van der Waals surface area contributed by atoms with Gasteiger partial charge in [-0.1, -0.05) is 114 Å². The van der Waals surface area contributed by atoms with E-state index in [1.807, 2.05) is 33.3 Å². The molecule has 60 heavy (non-hydrogen) atoms. The maximum atomic E-state index is 12.7. The Hall–Kier alpha value is -2.79. The average Bonchev–Trinajstić information content (AvgIpc) is 3.45. The summed E-state index contributed by atoms with van der Waals surface area (Å²) in [6.07, 6.45) is 33.2. The number of furan rings is 1. The first-order chi connectivity index (χ1) is 28.7. The third-order valence-electron chi connectivity index (χ3n) is 10.1. The van der Waals surface area contributed by atoms with Crippen LogP contribution in [0.25, 0.3) is 0 Å². The molecule has 0 radical (unpaired) electrons. The van der Waals surface area contributed by atoms with Crippen LogP contribution in [-0.4, -0.2) is 86.1 Å². The topological polar surface area (TPSA) is 142 Å². The molecule has 0 bridgehead atoms. The Morgan fingerprint density at radius 3 is 2.00 bits per heavy atom. The highest BCUT2D eigenvalue weighted by Gasteiger charge is 2.27. The van der Waals surface area contributed by atoms with Crippen LogP contribution in [0.15, 0.2) is 53.0 Å². The number of allylic oxidation sites excluding steroid dienone is 7. The first-order valence-corrected chi connectivity index (χ1v) is 24.3. The van der Waals surface area contributed by atoms with Gasteiger partial charge in [-0.15, -0.1) is 0 Å². The van der Waals surface area contributed by atoms with Crippen LogP contribution in [0.3, 0.4) is 0 Å². The molecular weight excluding hydrogens is 781 g/mol. The number of aryl methyl sites for hydroxylation is 2. The van der Waals surface area contributed by atoms with Crippen LogP contribution in [0.5, 0.6) is 0 Å². The van der Waals surface area contributed by atoms with Crippen molar-refractivity contribution in [3.05, 3.63) is 71.3 Å². The summed E-state index contributed by atoms with van der Waals surface area (Å²) in [6.45, 7) is 8.37. The quantitative estimate of drug-likeness (QED) is 0.0166. The van der Waals surface area contributed by atoms with Gasteiger partial charge < -0.3 is 28.4 Å². The van der Waals surface area contributed by atoms with Crippen molar-refractivity contribution in [2.75, 3.05) is 47.5 Å². The minimum atomic E-state index is -4.44. The molecule has 0 saturated heterocycles. The van der Waals surface area contributed by atoms with Crippen molar-refractivity contribution < 1.29 is 51.6 Å². The van der Waals surface area contributed by atoms with Crippen LogP contribution >= 0.6 is 7.82 Å². The molecule has 1 heterocycles. The van der Waals surface area contributed by atoms with Gasteiger partial charge in [0.1, 0.15) is 31.3 Å². The summed E-state index contributed by atoms with van der Waals surface area (Å²) in [7, 11) is 1.33. The zero-order valence-electron chi connectivity index (χ0n) is 38.5. The van der Waals surface area contributed by atoms with Gasteiger partial charge in [0.05, 0.1) is 33.9 Å². The molecule has 2 N–H and O–H groups in total. The number of likely N-dealkylation sites (N-methyl/N-ethyl adjacent to an activating group) is 1. The maximum Gasteiger partial charge on any atom is 0.472 e. The Morgan fingerprint density at radius 2 is 1.33 bits per heavy atom. The van der Waals surface area contributed by atoms with Crippen LogP contribution in [0.4, 0.5) is 0 Å². The first-order valence-electron chi connectivity index (χ1n) is 22.8. The summed E-state index contributed by atoms with van der Waals surface area (Å²) >= 11 is 0. The molecule has 0 fully saturated rings. The van der Waals surface area contributed by atoms with Gasteiger partial charge in [-0.2, -0.15) is 0 Å². The molecule has 1 rings (SSSR count). The predicted molar refractivity (Wildman–Crippen MR) is 243 cm³/mol. The van der Waals surface area contributed by atoms with Crippen LogP contribution in [0.2, 0.25) is 0 Å². The number of unbranched alkanes of at least 4 members (excludes halogenated alkanes) is 10. The number of rotatable bonds is 37. The molecule has 0 amide bonds. The van der Waals surface area contributed by atoms with Crippen molar-refractivity contribution >= 4 is 19.8 Å². The monoisotopic (exact) mass is 865 g/mol. The molecule has 12 heteroatoms. The third-order valence-corrected chi connectivity index (χ3v) is 11.1. The molecule has 1 aromatic rings. The Morgan fingerprint density at radius 1 is 0.717 bits per heavy atom. The number of nitrogens with zero attached hydrogens (tertiary/aromatic N) is 1. The Kier molecular flexibility index (Phi) is 31.1. The van der Waals surface area contributed by atoms with Crippen molar-refractivity contribution in [2.24, 2.45) is 0 Å². The standard InChI is InChI=1S/C48H82NO10P/c1-8-10-11-12-13-14-15-16-17-18-21-24-27-32-43(50)33-30-36-48(52)58-44(40-57-60(53,54)56-38-37-49(5,6)7)39-55-47(51)35-29-26-23-20-19-22-25-28-34-46-42(4)41(3)45(59-46)31-9-2/h13-14,16-17,21,24,27,32,43-44,50H,8-12,15,18-20,22-23,25-26,28-31,33-40H2,1-7H3/p+1/b14-13-,17-16-,24-21-,32-27+/t43-,44+/m0/s1. The third kappa shape index (κ3) is 30.3. The van der Waals surface area contributed by atoms with E-state index in [0.717, 1.165) is 82.1 Å². The maximum absolute atomic E-state index is 12.7. The van der Waals surface area contributed by atoms with Crippen molar-refractivity contribution in [3.63, 3.8) is 0 Å². The highest BCUT2D eigenvalue weighted by molar-refractivity contribution is 7.47. The first kappa shape index (κ1) is 55.2. The molecule has 0 aliphatic rings. The molecule has 0 aliphatic heterocycles. The SMILES string of the molecule is CCCCC/C=C\C/C=C\C/C=C\C=C\[C@H](O)CCCC(=O)O[C@H](COC(=O)CCCCCCCCCCc1oc(CCC)c(C)c1C)COP(=O)(O)OCC[N+](C)(C)C. The second-order valence-corrected chi connectivity index (χ2v) is 18.3. The fraction of sp³-hybridized carbons (Fsp3) is 0.708. The molecule has 1 unspecified atom stereocenters. The summed E-state index contributed by atoms with van der Waals surface area (Å²) in [6, 6.07) is 0. The van der Waals surface area contributed by atoms with E-state index in [2.05, 4.69) is 52.0 Å². The van der Waals surface area contributed by atoms with Crippen molar-refractivity contribution in [2.45, 2.75) is 175 Å². The lowest BCUT2D eigenvalue weighted by atomic mass is 10.0. The Labute approximate surface area is 363 Å². The van der Waals surface area contributed by atoms with Gasteiger partial charge in [-0.3, -0.25) is 18.6 Å². The lowest BCUT2D eigenvalue weighted by Crippen LogP contribution is -2.37. The minimum absolute atomic E-state index is 0.00303. The van der Waals surface area contributed by atoms with E-state index >= 15 is 0 Å². The number of ether oxygens (including phenoxy) is 2. The molecule has 0 spiro atoms. The number of hydrogen-bond donors (Lipinski definition) is 2. The van der Waals surface area contributed by atoms with E-state index in [0.29, 0.717) is 30.3 Å². The smallest absolute Gasteiger partial charge is 0.466 e. The van der Waals surface area contributed by atoms with Crippen molar-refractivity contribution in [1.82, 2.24) is 0 Å². The van der Waals surface area contributed by atoms with Crippen LogP contribution < -0.4 is 0 Å². The van der Waals surface area contributed by atoms with E-state index in [1.54, 1.807) is 12.2 Å². The molecule has 1 aromatic heterocycles. The van der Waals surface area contributed by atoms with E-state index in [9.17, 15) is 24.2 Å². The molecule has 0 aliphatic carbocycles. The second-order valence-electron chi connectivity index (χ2n) is 16.9. The van der Waals surface area contributed by atoms with Gasteiger partial charge in [0, 0.05) is 25.7 Å². The number of aliphatic hydroxyl groups excluding tert-OH is 1. The van der Waals surface area contributed by atoms with Gasteiger partial charge in [0.15, 0.2) is 6.10 Å². The minimum Gasteiger partial charge on any atom is -0.466 e. The fourth-order valence-corrected chi connectivity index (χ4v) is 7.02. The summed E-state index contributed by atoms with van der Waals surface area (Å²) < 4.78 is 40.3. The molecule has 344 valence electrons. The number of quaternary nitrogens is 1. The normalized spacial score (nSPS) is 14.5. The number of aliphatic hydroxyl groups is 1. The van der Waals surface area contributed by atoms with Crippen LogP contribution in [0, 0.1) is 13.8 Å². The van der Waals surface area contributed by atoms with Gasteiger partial charge in [-0.25, -0.2) is 4.57 Å². The van der Waals surface area contributed by atoms with E-state index < -0.39 is 38.6 Å². The predicted octanol–water partition coefficient (Wildman–Crippen LogP) is 11.3.